The van der Waals surface area contributed by atoms with Gasteiger partial charge in [0.15, 0.2) is 16.6 Å². The van der Waals surface area contributed by atoms with Crippen LogP contribution in [-0.4, -0.2) is 24.9 Å². The van der Waals surface area contributed by atoms with Crippen LogP contribution in [0.5, 0.6) is 11.5 Å². The average molecular weight is 334 g/mol. The number of hydrogen-bond acceptors (Lipinski definition) is 4. The number of hydrogen-bond donors (Lipinski definition) is 1. The van der Waals surface area contributed by atoms with Crippen molar-refractivity contribution in [3.8, 4) is 11.5 Å². The normalized spacial score (nSPS) is 12.8. The largest absolute Gasteiger partial charge is 0.486 e. The Morgan fingerprint density at radius 3 is 2.82 bits per heavy atom. The molecule has 0 saturated heterocycles. The second kappa shape index (κ2) is 6.98. The Kier molecular flexibility index (Phi) is 4.80. The lowest BCUT2D eigenvalue weighted by Gasteiger charge is -2.27. The Morgan fingerprint density at radius 1 is 1.27 bits per heavy atom. The second-order valence-electron chi connectivity index (χ2n) is 4.83. The molecule has 0 bridgehead atoms. The van der Waals surface area contributed by atoms with E-state index in [4.69, 9.17) is 21.7 Å². The molecule has 0 saturated carbocycles. The van der Waals surface area contributed by atoms with E-state index in [2.05, 4.69) is 27.7 Å². The molecule has 22 heavy (non-hydrogen) atoms. The van der Waals surface area contributed by atoms with Crippen LogP contribution >= 0.6 is 23.6 Å². The summed E-state index contributed by atoms with van der Waals surface area (Å²) in [7, 11) is 0. The molecule has 116 valence electrons. The van der Waals surface area contributed by atoms with E-state index in [9.17, 15) is 0 Å². The van der Waals surface area contributed by atoms with E-state index < -0.39 is 0 Å². The van der Waals surface area contributed by atoms with Crippen molar-refractivity contribution >= 4 is 34.4 Å². The predicted molar refractivity (Wildman–Crippen MR) is 94.2 cm³/mol. The maximum atomic E-state index is 5.68. The molecule has 1 aliphatic rings. The van der Waals surface area contributed by atoms with E-state index in [-0.39, 0.29) is 0 Å². The molecular weight excluding hydrogens is 316 g/mol. The highest BCUT2D eigenvalue weighted by Gasteiger charge is 2.17. The van der Waals surface area contributed by atoms with Gasteiger partial charge in [0.05, 0.1) is 6.54 Å². The van der Waals surface area contributed by atoms with E-state index >= 15 is 0 Å². The molecule has 1 aromatic heterocycles. The summed E-state index contributed by atoms with van der Waals surface area (Å²) in [6, 6.07) is 10.1. The SMILES string of the molecule is CCNC(=S)N(Cc1cccs1)c1ccc2c(c1)OCCO2. The number of fused-ring (bicyclic) bond motifs is 1. The summed E-state index contributed by atoms with van der Waals surface area (Å²) in [5, 5.41) is 6.02. The average Bonchev–Trinajstić information content (AvgIpc) is 3.05. The monoisotopic (exact) mass is 334 g/mol. The number of thiophene rings is 1. The fourth-order valence-corrected chi connectivity index (χ4v) is 3.29. The van der Waals surface area contributed by atoms with Crippen LogP contribution in [-0.2, 0) is 6.54 Å². The van der Waals surface area contributed by atoms with Crippen molar-refractivity contribution in [1.82, 2.24) is 5.32 Å². The number of rotatable bonds is 4. The molecule has 2 heterocycles. The van der Waals surface area contributed by atoms with E-state index in [1.54, 1.807) is 11.3 Å². The van der Waals surface area contributed by atoms with Gasteiger partial charge >= 0.3 is 0 Å². The zero-order valence-electron chi connectivity index (χ0n) is 12.4. The molecule has 0 unspecified atom stereocenters. The van der Waals surface area contributed by atoms with Crippen molar-refractivity contribution < 1.29 is 9.47 Å². The van der Waals surface area contributed by atoms with Gasteiger partial charge in [-0.25, -0.2) is 0 Å². The minimum absolute atomic E-state index is 0.582. The van der Waals surface area contributed by atoms with Gasteiger partial charge in [-0.15, -0.1) is 11.3 Å². The highest BCUT2D eigenvalue weighted by molar-refractivity contribution is 7.80. The third-order valence-corrected chi connectivity index (χ3v) is 4.53. The summed E-state index contributed by atoms with van der Waals surface area (Å²) >= 11 is 7.26. The number of ether oxygens (including phenoxy) is 2. The van der Waals surface area contributed by atoms with Gasteiger partial charge in [0.2, 0.25) is 0 Å². The maximum Gasteiger partial charge on any atom is 0.173 e. The van der Waals surface area contributed by atoms with Gasteiger partial charge in [0.1, 0.15) is 13.2 Å². The van der Waals surface area contributed by atoms with E-state index in [1.807, 2.05) is 25.1 Å². The molecule has 1 aliphatic heterocycles. The van der Waals surface area contributed by atoms with Crippen LogP contribution in [0.1, 0.15) is 11.8 Å². The lowest BCUT2D eigenvalue weighted by atomic mass is 10.2. The maximum absolute atomic E-state index is 5.68. The van der Waals surface area contributed by atoms with E-state index in [1.165, 1.54) is 4.88 Å². The topological polar surface area (TPSA) is 33.7 Å². The van der Waals surface area contributed by atoms with Crippen molar-refractivity contribution in [3.05, 3.63) is 40.6 Å². The Hall–Kier alpha value is -1.79. The number of benzene rings is 1. The Balaban J connectivity index is 1.89. The predicted octanol–water partition coefficient (Wildman–Crippen LogP) is 3.42. The Bertz CT molecular complexity index is 644. The van der Waals surface area contributed by atoms with Crippen LogP contribution in [0.15, 0.2) is 35.7 Å². The van der Waals surface area contributed by atoms with Gasteiger partial charge < -0.3 is 19.7 Å². The van der Waals surface area contributed by atoms with Gasteiger partial charge in [-0.3, -0.25) is 0 Å². The van der Waals surface area contributed by atoms with Gasteiger partial charge in [0.25, 0.3) is 0 Å². The number of nitrogens with zero attached hydrogens (tertiary/aromatic N) is 1. The van der Waals surface area contributed by atoms with Crippen LogP contribution in [0.4, 0.5) is 5.69 Å². The summed E-state index contributed by atoms with van der Waals surface area (Å²) in [6.45, 7) is 4.76. The quantitative estimate of drug-likeness (QED) is 0.867. The number of thiocarbonyl (C=S) groups is 1. The van der Waals surface area contributed by atoms with Crippen molar-refractivity contribution in [3.63, 3.8) is 0 Å². The minimum atomic E-state index is 0.582. The first-order chi connectivity index (χ1) is 10.8. The first-order valence-corrected chi connectivity index (χ1v) is 8.54. The molecule has 0 amide bonds. The molecule has 3 rings (SSSR count). The van der Waals surface area contributed by atoms with Crippen LogP contribution in [0, 0.1) is 0 Å². The smallest absolute Gasteiger partial charge is 0.173 e. The highest BCUT2D eigenvalue weighted by Crippen LogP contribution is 2.34. The fraction of sp³-hybridized carbons (Fsp3) is 0.312. The standard InChI is InChI=1S/C16H18N2O2S2/c1-2-17-16(21)18(11-13-4-3-9-22-13)12-5-6-14-15(10-12)20-8-7-19-14/h3-6,9-10H,2,7-8,11H2,1H3,(H,17,21). The first kappa shape index (κ1) is 15.1. The van der Waals surface area contributed by atoms with Gasteiger partial charge in [0, 0.05) is 23.2 Å². The Morgan fingerprint density at radius 2 is 2.09 bits per heavy atom. The van der Waals surface area contributed by atoms with Crippen LogP contribution in [0.2, 0.25) is 0 Å². The molecule has 0 spiro atoms. The van der Waals surface area contributed by atoms with Gasteiger partial charge in [-0.2, -0.15) is 0 Å². The second-order valence-corrected chi connectivity index (χ2v) is 6.25. The highest BCUT2D eigenvalue weighted by atomic mass is 32.1. The number of anilines is 1. The van der Waals surface area contributed by atoms with Crippen molar-refractivity contribution in [1.29, 1.82) is 0 Å². The van der Waals surface area contributed by atoms with Crippen molar-refractivity contribution in [2.24, 2.45) is 0 Å². The van der Waals surface area contributed by atoms with Gasteiger partial charge in [-0.1, -0.05) is 6.07 Å². The Labute approximate surface area is 139 Å². The van der Waals surface area contributed by atoms with Gasteiger partial charge in [-0.05, 0) is 42.7 Å². The minimum Gasteiger partial charge on any atom is -0.486 e. The molecule has 1 N–H and O–H groups in total. The zero-order chi connectivity index (χ0) is 15.4. The zero-order valence-corrected chi connectivity index (χ0v) is 14.0. The molecule has 6 heteroatoms. The van der Waals surface area contributed by atoms with Crippen molar-refractivity contribution in [2.75, 3.05) is 24.7 Å². The molecule has 4 nitrogen and oxygen atoms in total. The van der Waals surface area contributed by atoms with Crippen LogP contribution in [0.25, 0.3) is 0 Å². The molecule has 1 aromatic carbocycles. The number of nitrogens with one attached hydrogen (secondary N) is 1. The molecule has 0 atom stereocenters. The molecular formula is C16H18N2O2S2. The molecule has 0 radical (unpaired) electrons. The lowest BCUT2D eigenvalue weighted by Crippen LogP contribution is -2.39. The van der Waals surface area contributed by atoms with Crippen LogP contribution in [0.3, 0.4) is 0 Å². The summed E-state index contributed by atoms with van der Waals surface area (Å²) < 4.78 is 11.3. The van der Waals surface area contributed by atoms with Crippen molar-refractivity contribution in [2.45, 2.75) is 13.5 Å². The third kappa shape index (κ3) is 3.34. The van der Waals surface area contributed by atoms with Crippen LogP contribution < -0.4 is 19.7 Å². The first-order valence-electron chi connectivity index (χ1n) is 7.25. The summed E-state index contributed by atoms with van der Waals surface area (Å²) in [6.07, 6.45) is 0. The lowest BCUT2D eigenvalue weighted by molar-refractivity contribution is 0.171. The fourth-order valence-electron chi connectivity index (χ4n) is 2.29. The summed E-state index contributed by atoms with van der Waals surface area (Å²) in [5.41, 5.74) is 1.00. The molecule has 2 aromatic rings. The van der Waals surface area contributed by atoms with E-state index in [0.29, 0.717) is 18.3 Å². The summed E-state index contributed by atoms with van der Waals surface area (Å²) in [4.78, 5) is 3.35. The third-order valence-electron chi connectivity index (χ3n) is 3.30. The molecule has 0 fully saturated rings. The summed E-state index contributed by atoms with van der Waals surface area (Å²) in [5.74, 6) is 1.57. The molecule has 0 aliphatic carbocycles. The van der Waals surface area contributed by atoms with E-state index in [0.717, 1.165) is 30.3 Å².